The lowest BCUT2D eigenvalue weighted by atomic mass is 9.94. The van der Waals surface area contributed by atoms with Gasteiger partial charge in [0.25, 0.3) is 0 Å². The van der Waals surface area contributed by atoms with Crippen molar-refractivity contribution < 1.29 is 34.0 Å². The fraction of sp³-hybridized carbons (Fsp3) is 0.278. The van der Waals surface area contributed by atoms with E-state index in [2.05, 4.69) is 29.0 Å². The Kier molecular flexibility index (Phi) is 9.84. The molecule has 0 radical (unpaired) electrons. The van der Waals surface area contributed by atoms with Crippen LogP contribution in [0.1, 0.15) is 40.3 Å². The molecule has 236 valence electrons. The fourth-order valence-electron chi connectivity index (χ4n) is 4.96. The zero-order valence-corrected chi connectivity index (χ0v) is 25.9. The molecule has 1 unspecified atom stereocenters. The van der Waals surface area contributed by atoms with Crippen LogP contribution in [0.15, 0.2) is 72.0 Å². The van der Waals surface area contributed by atoms with Crippen LogP contribution in [0.2, 0.25) is 0 Å². The summed E-state index contributed by atoms with van der Waals surface area (Å²) in [5, 5.41) is 28.3. The van der Waals surface area contributed by atoms with Crippen molar-refractivity contribution in [3.8, 4) is 40.2 Å². The van der Waals surface area contributed by atoms with Gasteiger partial charge in [0.05, 0.1) is 18.7 Å². The molecule has 10 nitrogen and oxygen atoms in total. The molecule has 1 aliphatic heterocycles. The van der Waals surface area contributed by atoms with Gasteiger partial charge in [-0.3, -0.25) is 14.8 Å². The van der Waals surface area contributed by atoms with Crippen molar-refractivity contribution in [3.63, 3.8) is 0 Å². The molecular formula is C36H35N3O7. The largest absolute Gasteiger partial charge is 0.488 e. The molecule has 5 rings (SSSR count). The number of aliphatic imine (C=N–C) groups is 1. The van der Waals surface area contributed by atoms with Gasteiger partial charge in [0.15, 0.2) is 11.5 Å². The molecule has 10 heteroatoms. The molecule has 0 fully saturated rings. The summed E-state index contributed by atoms with van der Waals surface area (Å²) in [5.74, 6) is 1.40. The highest BCUT2D eigenvalue weighted by Gasteiger charge is 2.30. The normalized spacial score (nSPS) is 13.5. The average molecular weight is 622 g/mol. The Hall–Kier alpha value is -5.40. The molecular weight excluding hydrogens is 586 g/mol. The fourth-order valence-corrected chi connectivity index (χ4v) is 4.96. The smallest absolute Gasteiger partial charge is 0.317 e. The van der Waals surface area contributed by atoms with E-state index in [1.165, 1.54) is 19.3 Å². The van der Waals surface area contributed by atoms with E-state index in [1.807, 2.05) is 43.3 Å². The minimum Gasteiger partial charge on any atom is -0.488 e. The maximum atomic E-state index is 11.6. The van der Waals surface area contributed by atoms with Crippen LogP contribution in [0, 0.1) is 30.6 Å². The number of aryl methyl sites for hydroxylation is 1. The van der Waals surface area contributed by atoms with Gasteiger partial charge >= 0.3 is 5.97 Å². The van der Waals surface area contributed by atoms with Gasteiger partial charge in [0.1, 0.15) is 49.4 Å². The Bertz CT molecular complexity index is 1810. The molecule has 0 saturated heterocycles. The molecule has 3 aromatic carbocycles. The summed E-state index contributed by atoms with van der Waals surface area (Å²) in [6.45, 7) is 6.42. The molecule has 0 bridgehead atoms. The number of pyridine rings is 1. The number of ether oxygens (including phenoxy) is 4. The van der Waals surface area contributed by atoms with Crippen molar-refractivity contribution in [2.75, 3.05) is 19.8 Å². The highest BCUT2D eigenvalue weighted by atomic mass is 16.6. The topological polar surface area (TPSA) is 143 Å². The lowest BCUT2D eigenvalue weighted by Crippen LogP contribution is -2.33. The third-order valence-electron chi connectivity index (χ3n) is 7.81. The lowest BCUT2D eigenvalue weighted by Gasteiger charge is -2.20. The number of nitriles is 1. The van der Waals surface area contributed by atoms with Gasteiger partial charge < -0.3 is 29.2 Å². The van der Waals surface area contributed by atoms with Crippen LogP contribution in [0.4, 0.5) is 0 Å². The summed E-state index contributed by atoms with van der Waals surface area (Å²) in [5.41, 5.74) is 5.35. The number of fused-ring (bicyclic) bond motifs is 1. The molecule has 46 heavy (non-hydrogen) atoms. The van der Waals surface area contributed by atoms with Crippen LogP contribution in [-0.4, -0.2) is 47.2 Å². The summed E-state index contributed by atoms with van der Waals surface area (Å²) in [4.78, 5) is 20.0. The zero-order chi connectivity index (χ0) is 32.7. The standard InChI is InChI=1S/C36H35N3O7/c1-23-11-29(18-39-21-36(3,22-40)35(41)42)33(45-19-26-12-25(15-37)16-38-17-26)14-32(23)46-20-28-5-4-6-30(24(28)2)27-7-8-31-34(13-27)44-10-9-43-31/h4-8,11-14,16-17,21,40H,9-10,18-20,22H2,1-3H3,(H,41,42). The Balaban J connectivity index is 1.39. The summed E-state index contributed by atoms with van der Waals surface area (Å²) in [7, 11) is 0. The third kappa shape index (κ3) is 7.28. The van der Waals surface area contributed by atoms with E-state index in [1.54, 1.807) is 18.3 Å². The second-order valence-corrected chi connectivity index (χ2v) is 11.3. The van der Waals surface area contributed by atoms with Crippen molar-refractivity contribution in [2.24, 2.45) is 10.4 Å². The molecule has 0 amide bonds. The van der Waals surface area contributed by atoms with Crippen LogP contribution in [0.5, 0.6) is 23.0 Å². The molecule has 2 N–H and O–H groups in total. The van der Waals surface area contributed by atoms with Gasteiger partial charge in [-0.2, -0.15) is 5.26 Å². The number of aromatic nitrogens is 1. The van der Waals surface area contributed by atoms with E-state index in [4.69, 9.17) is 18.9 Å². The van der Waals surface area contributed by atoms with Crippen molar-refractivity contribution >= 4 is 12.2 Å². The summed E-state index contributed by atoms with van der Waals surface area (Å²) < 4.78 is 24.0. The van der Waals surface area contributed by atoms with Gasteiger partial charge in [-0.25, -0.2) is 0 Å². The van der Waals surface area contributed by atoms with Crippen LogP contribution >= 0.6 is 0 Å². The number of hydrogen-bond acceptors (Lipinski definition) is 9. The van der Waals surface area contributed by atoms with Crippen molar-refractivity contribution in [1.29, 1.82) is 5.26 Å². The van der Waals surface area contributed by atoms with E-state index in [-0.39, 0.29) is 13.2 Å². The third-order valence-corrected chi connectivity index (χ3v) is 7.81. The predicted octanol–water partition coefficient (Wildman–Crippen LogP) is 5.82. The highest BCUT2D eigenvalue weighted by molar-refractivity contribution is 5.93. The predicted molar refractivity (Wildman–Crippen MR) is 171 cm³/mol. The van der Waals surface area contributed by atoms with Crippen LogP contribution in [-0.2, 0) is 24.6 Å². The number of aliphatic carboxylic acids is 1. The van der Waals surface area contributed by atoms with Gasteiger partial charge in [0.2, 0.25) is 0 Å². The minimum atomic E-state index is -1.51. The number of nitrogens with zero attached hydrogens (tertiary/aromatic N) is 3. The first-order valence-corrected chi connectivity index (χ1v) is 14.8. The van der Waals surface area contributed by atoms with E-state index >= 15 is 0 Å². The minimum absolute atomic E-state index is 0.118. The molecule has 1 aromatic heterocycles. The highest BCUT2D eigenvalue weighted by Crippen LogP contribution is 2.37. The van der Waals surface area contributed by atoms with Gasteiger partial charge in [-0.15, -0.1) is 0 Å². The second kappa shape index (κ2) is 14.1. The lowest BCUT2D eigenvalue weighted by molar-refractivity contribution is -0.145. The molecule has 2 heterocycles. The summed E-state index contributed by atoms with van der Waals surface area (Å²) >= 11 is 0. The van der Waals surface area contributed by atoms with Gasteiger partial charge in [0, 0.05) is 35.8 Å². The zero-order valence-electron chi connectivity index (χ0n) is 25.9. The maximum Gasteiger partial charge on any atom is 0.317 e. The van der Waals surface area contributed by atoms with Crippen LogP contribution in [0.3, 0.4) is 0 Å². The SMILES string of the molecule is Cc1cc(CN=CC(C)(CO)C(=O)O)c(OCc2cncc(C#N)c2)cc1OCc1cccc(-c2ccc3c(c2)OCCO3)c1C. The van der Waals surface area contributed by atoms with Crippen molar-refractivity contribution in [1.82, 2.24) is 4.98 Å². The Morgan fingerprint density at radius 2 is 1.80 bits per heavy atom. The molecule has 4 aromatic rings. The molecule has 0 spiro atoms. The first-order chi connectivity index (χ1) is 22.2. The number of carboxylic acid groups (broad SMARTS) is 1. The van der Waals surface area contributed by atoms with E-state index < -0.39 is 18.0 Å². The number of hydrogen-bond donors (Lipinski definition) is 2. The molecule has 1 atom stereocenters. The van der Waals surface area contributed by atoms with Gasteiger partial charge in [-0.1, -0.05) is 24.3 Å². The molecule has 0 aliphatic carbocycles. The van der Waals surface area contributed by atoms with Gasteiger partial charge in [-0.05, 0) is 72.9 Å². The Morgan fingerprint density at radius 1 is 1.02 bits per heavy atom. The quantitative estimate of drug-likeness (QED) is 0.187. The second-order valence-electron chi connectivity index (χ2n) is 11.3. The number of carboxylic acids is 1. The van der Waals surface area contributed by atoms with Crippen molar-refractivity contribution in [3.05, 3.63) is 100 Å². The van der Waals surface area contributed by atoms with Crippen LogP contribution in [0.25, 0.3) is 11.1 Å². The number of benzene rings is 3. The maximum absolute atomic E-state index is 11.6. The Labute approximate surface area is 267 Å². The van der Waals surface area contributed by atoms with Crippen LogP contribution < -0.4 is 18.9 Å². The van der Waals surface area contributed by atoms with Crippen molar-refractivity contribution in [2.45, 2.75) is 40.5 Å². The number of rotatable bonds is 12. The average Bonchev–Trinajstić information content (AvgIpc) is 3.07. The monoisotopic (exact) mass is 621 g/mol. The van der Waals surface area contributed by atoms with E-state index in [9.17, 15) is 20.3 Å². The molecule has 1 aliphatic rings. The number of aliphatic hydroxyl groups excluding tert-OH is 1. The number of carbonyl (C=O) groups is 1. The summed E-state index contributed by atoms with van der Waals surface area (Å²) in [6, 6.07) is 19.5. The first-order valence-electron chi connectivity index (χ1n) is 14.8. The number of aliphatic hydroxyl groups is 1. The summed E-state index contributed by atoms with van der Waals surface area (Å²) in [6.07, 6.45) is 4.35. The molecule has 0 saturated carbocycles. The van der Waals surface area contributed by atoms with E-state index in [0.29, 0.717) is 48.0 Å². The first kappa shape index (κ1) is 32.0. The Morgan fingerprint density at radius 3 is 2.57 bits per heavy atom. The van der Waals surface area contributed by atoms with E-state index in [0.717, 1.165) is 39.3 Å².